The lowest BCUT2D eigenvalue weighted by Crippen LogP contribution is -2.06. The summed E-state index contributed by atoms with van der Waals surface area (Å²) in [7, 11) is 1.97. The zero-order valence-corrected chi connectivity index (χ0v) is 7.33. The van der Waals surface area contributed by atoms with E-state index in [-0.39, 0.29) is 0 Å². The fourth-order valence-corrected chi connectivity index (χ4v) is 1.20. The van der Waals surface area contributed by atoms with Crippen LogP contribution in [0, 0.1) is 0 Å². The van der Waals surface area contributed by atoms with Gasteiger partial charge in [-0.1, -0.05) is 13.8 Å². The molecule has 0 amide bonds. The Morgan fingerprint density at radius 3 is 2.64 bits per heavy atom. The summed E-state index contributed by atoms with van der Waals surface area (Å²) >= 11 is 0. The monoisotopic (exact) mass is 153 g/mol. The highest BCUT2D eigenvalue weighted by Gasteiger charge is 2.09. The molecule has 3 heteroatoms. The van der Waals surface area contributed by atoms with E-state index in [1.807, 2.05) is 17.9 Å². The maximum atomic E-state index is 5.57. The third-order valence-electron chi connectivity index (χ3n) is 1.83. The second-order valence-electron chi connectivity index (χ2n) is 3.05. The quantitative estimate of drug-likeness (QED) is 0.689. The Balaban J connectivity index is 3.05. The molecule has 0 fully saturated rings. The standard InChI is InChI=1S/C8H15N3/c1-6(2)8-7(4-9)11(3)5-10-8/h5-6H,4,9H2,1-3H3. The van der Waals surface area contributed by atoms with E-state index in [1.54, 1.807) is 0 Å². The Labute approximate surface area is 67.2 Å². The number of aryl methyl sites for hydroxylation is 1. The average molecular weight is 153 g/mol. The Kier molecular flexibility index (Phi) is 2.29. The van der Waals surface area contributed by atoms with E-state index >= 15 is 0 Å². The highest BCUT2D eigenvalue weighted by molar-refractivity contribution is 5.15. The maximum Gasteiger partial charge on any atom is 0.0949 e. The van der Waals surface area contributed by atoms with Gasteiger partial charge in [-0.25, -0.2) is 4.98 Å². The first kappa shape index (κ1) is 8.27. The van der Waals surface area contributed by atoms with Gasteiger partial charge in [0.25, 0.3) is 0 Å². The molecule has 1 aromatic rings. The topological polar surface area (TPSA) is 43.8 Å². The number of imidazole rings is 1. The fourth-order valence-electron chi connectivity index (χ4n) is 1.20. The predicted octanol–water partition coefficient (Wildman–Crippen LogP) is 1.00. The van der Waals surface area contributed by atoms with Crippen LogP contribution in [0.4, 0.5) is 0 Å². The van der Waals surface area contributed by atoms with Gasteiger partial charge < -0.3 is 10.3 Å². The molecule has 62 valence electrons. The second-order valence-corrected chi connectivity index (χ2v) is 3.05. The minimum atomic E-state index is 0.467. The summed E-state index contributed by atoms with van der Waals surface area (Å²) in [5.41, 5.74) is 7.83. The second kappa shape index (κ2) is 3.05. The third-order valence-corrected chi connectivity index (χ3v) is 1.83. The third kappa shape index (κ3) is 1.43. The summed E-state index contributed by atoms with van der Waals surface area (Å²) in [5, 5.41) is 0. The van der Waals surface area contributed by atoms with Crippen molar-refractivity contribution < 1.29 is 0 Å². The first-order valence-electron chi connectivity index (χ1n) is 3.87. The normalized spacial score (nSPS) is 11.0. The Hall–Kier alpha value is -0.830. The summed E-state index contributed by atoms with van der Waals surface area (Å²) in [4.78, 5) is 4.27. The minimum absolute atomic E-state index is 0.467. The van der Waals surface area contributed by atoms with Gasteiger partial charge in [-0.2, -0.15) is 0 Å². The van der Waals surface area contributed by atoms with Crippen LogP contribution < -0.4 is 5.73 Å². The van der Waals surface area contributed by atoms with E-state index < -0.39 is 0 Å². The highest BCUT2D eigenvalue weighted by Crippen LogP contribution is 2.15. The molecule has 0 atom stereocenters. The summed E-state index contributed by atoms with van der Waals surface area (Å²) in [6.07, 6.45) is 1.82. The molecule has 1 rings (SSSR count). The van der Waals surface area contributed by atoms with Gasteiger partial charge in [0.15, 0.2) is 0 Å². The summed E-state index contributed by atoms with van der Waals surface area (Å²) in [6.45, 7) is 4.83. The van der Waals surface area contributed by atoms with Gasteiger partial charge in [-0.15, -0.1) is 0 Å². The molecule has 0 spiro atoms. The lowest BCUT2D eigenvalue weighted by Gasteiger charge is -2.04. The maximum absolute atomic E-state index is 5.57. The van der Waals surface area contributed by atoms with Crippen molar-refractivity contribution in [3.05, 3.63) is 17.7 Å². The Morgan fingerprint density at radius 2 is 2.27 bits per heavy atom. The lowest BCUT2D eigenvalue weighted by molar-refractivity contribution is 0.771. The Bertz CT molecular complexity index is 237. The average Bonchev–Trinajstić information content (AvgIpc) is 2.30. The van der Waals surface area contributed by atoms with E-state index in [9.17, 15) is 0 Å². The number of rotatable bonds is 2. The zero-order chi connectivity index (χ0) is 8.43. The van der Waals surface area contributed by atoms with Crippen molar-refractivity contribution in [2.24, 2.45) is 12.8 Å². The van der Waals surface area contributed by atoms with E-state index in [0.29, 0.717) is 12.5 Å². The molecular formula is C8H15N3. The van der Waals surface area contributed by atoms with Gasteiger partial charge in [0.05, 0.1) is 17.7 Å². The molecule has 1 heterocycles. The van der Waals surface area contributed by atoms with Gasteiger partial charge in [0.1, 0.15) is 0 Å². The molecule has 0 unspecified atom stereocenters. The van der Waals surface area contributed by atoms with Gasteiger partial charge in [0.2, 0.25) is 0 Å². The molecule has 1 aromatic heterocycles. The molecule has 2 N–H and O–H groups in total. The van der Waals surface area contributed by atoms with Crippen molar-refractivity contribution in [1.82, 2.24) is 9.55 Å². The van der Waals surface area contributed by atoms with Crippen LogP contribution in [0.3, 0.4) is 0 Å². The van der Waals surface area contributed by atoms with Crippen molar-refractivity contribution >= 4 is 0 Å². The van der Waals surface area contributed by atoms with E-state index in [1.165, 1.54) is 0 Å². The number of hydrogen-bond acceptors (Lipinski definition) is 2. The van der Waals surface area contributed by atoms with Crippen LogP contribution in [0.25, 0.3) is 0 Å². The van der Waals surface area contributed by atoms with Crippen LogP contribution in [0.15, 0.2) is 6.33 Å². The van der Waals surface area contributed by atoms with E-state index in [0.717, 1.165) is 11.4 Å². The first-order valence-corrected chi connectivity index (χ1v) is 3.87. The SMILES string of the molecule is CC(C)c1ncn(C)c1CN. The first-order chi connectivity index (χ1) is 5.16. The molecule has 0 aromatic carbocycles. The van der Waals surface area contributed by atoms with Crippen LogP contribution >= 0.6 is 0 Å². The van der Waals surface area contributed by atoms with Crippen LogP contribution in [0.5, 0.6) is 0 Å². The molecule has 3 nitrogen and oxygen atoms in total. The van der Waals surface area contributed by atoms with Crippen molar-refractivity contribution in [1.29, 1.82) is 0 Å². The highest BCUT2D eigenvalue weighted by atomic mass is 15.0. The molecule has 0 saturated heterocycles. The fraction of sp³-hybridized carbons (Fsp3) is 0.625. The Morgan fingerprint density at radius 1 is 1.64 bits per heavy atom. The summed E-state index contributed by atoms with van der Waals surface area (Å²) < 4.78 is 1.98. The van der Waals surface area contributed by atoms with Crippen molar-refractivity contribution in [2.75, 3.05) is 0 Å². The van der Waals surface area contributed by atoms with Crippen molar-refractivity contribution in [3.8, 4) is 0 Å². The molecule has 11 heavy (non-hydrogen) atoms. The molecule has 0 aliphatic carbocycles. The summed E-state index contributed by atoms with van der Waals surface area (Å²) in [5.74, 6) is 0.467. The molecule has 0 bridgehead atoms. The van der Waals surface area contributed by atoms with Crippen LogP contribution in [-0.4, -0.2) is 9.55 Å². The van der Waals surface area contributed by atoms with Crippen molar-refractivity contribution in [2.45, 2.75) is 26.3 Å². The number of hydrogen-bond donors (Lipinski definition) is 1. The van der Waals surface area contributed by atoms with Crippen LogP contribution in [0.1, 0.15) is 31.2 Å². The molecule has 0 aliphatic heterocycles. The number of aromatic nitrogens is 2. The minimum Gasteiger partial charge on any atom is -0.336 e. The van der Waals surface area contributed by atoms with E-state index in [4.69, 9.17) is 5.73 Å². The summed E-state index contributed by atoms with van der Waals surface area (Å²) in [6, 6.07) is 0. The van der Waals surface area contributed by atoms with Gasteiger partial charge in [0, 0.05) is 13.6 Å². The van der Waals surface area contributed by atoms with Crippen LogP contribution in [0.2, 0.25) is 0 Å². The smallest absolute Gasteiger partial charge is 0.0949 e. The van der Waals surface area contributed by atoms with Gasteiger partial charge in [-0.3, -0.25) is 0 Å². The molecule has 0 saturated carbocycles. The van der Waals surface area contributed by atoms with Gasteiger partial charge in [-0.05, 0) is 5.92 Å². The lowest BCUT2D eigenvalue weighted by atomic mass is 10.1. The molecule has 0 radical (unpaired) electrons. The van der Waals surface area contributed by atoms with E-state index in [2.05, 4.69) is 18.8 Å². The zero-order valence-electron chi connectivity index (χ0n) is 7.33. The van der Waals surface area contributed by atoms with Crippen molar-refractivity contribution in [3.63, 3.8) is 0 Å². The molecular weight excluding hydrogens is 138 g/mol. The molecule has 0 aliphatic rings. The van der Waals surface area contributed by atoms with Gasteiger partial charge >= 0.3 is 0 Å². The van der Waals surface area contributed by atoms with Crippen LogP contribution in [-0.2, 0) is 13.6 Å². The number of nitrogens with two attached hydrogens (primary N) is 1. The predicted molar refractivity (Wildman–Crippen MR) is 45.2 cm³/mol. The number of nitrogens with zero attached hydrogens (tertiary/aromatic N) is 2. The largest absolute Gasteiger partial charge is 0.336 e.